The highest BCUT2D eigenvalue weighted by atomic mass is 32.2. The lowest BCUT2D eigenvalue weighted by Crippen LogP contribution is -2.24. The van der Waals surface area contributed by atoms with Crippen molar-refractivity contribution in [3.63, 3.8) is 0 Å². The molecule has 0 fully saturated rings. The second-order valence-corrected chi connectivity index (χ2v) is 7.80. The fourth-order valence-electron chi connectivity index (χ4n) is 3.52. The molecule has 1 aliphatic rings. The molecule has 3 aromatic rings. The number of pyridine rings is 1. The Kier molecular flexibility index (Phi) is 5.17. The molecule has 4 rings (SSSR count). The van der Waals surface area contributed by atoms with Crippen LogP contribution in [0.15, 0.2) is 40.3 Å². The molecule has 144 valence electrons. The van der Waals surface area contributed by atoms with Gasteiger partial charge in [-0.2, -0.15) is 0 Å². The van der Waals surface area contributed by atoms with Crippen molar-refractivity contribution in [2.24, 2.45) is 0 Å². The van der Waals surface area contributed by atoms with Gasteiger partial charge >= 0.3 is 5.97 Å². The summed E-state index contributed by atoms with van der Waals surface area (Å²) in [5, 5.41) is 0.965. The molecule has 0 atom stereocenters. The molecule has 0 aliphatic heterocycles. The minimum absolute atomic E-state index is 0.0747. The van der Waals surface area contributed by atoms with Crippen LogP contribution in [0.3, 0.4) is 0 Å². The normalized spacial score (nSPS) is 13.4. The summed E-state index contributed by atoms with van der Waals surface area (Å²) in [5.41, 5.74) is 4.17. The van der Waals surface area contributed by atoms with Gasteiger partial charge in [0.05, 0.1) is 23.9 Å². The van der Waals surface area contributed by atoms with Crippen LogP contribution in [0.1, 0.15) is 29.7 Å². The molecule has 0 radical (unpaired) electrons. The number of thioether (sulfide) groups is 1. The molecule has 1 aromatic carbocycles. The van der Waals surface area contributed by atoms with Crippen LogP contribution >= 0.6 is 11.8 Å². The molecule has 0 N–H and O–H groups in total. The summed E-state index contributed by atoms with van der Waals surface area (Å²) in [6, 6.07) is 9.61. The van der Waals surface area contributed by atoms with E-state index in [0.29, 0.717) is 16.2 Å². The summed E-state index contributed by atoms with van der Waals surface area (Å²) in [4.78, 5) is 34.5. The van der Waals surface area contributed by atoms with Crippen molar-refractivity contribution < 1.29 is 9.53 Å². The summed E-state index contributed by atoms with van der Waals surface area (Å²) in [6.45, 7) is 1.95. The van der Waals surface area contributed by atoms with Gasteiger partial charge in [0.1, 0.15) is 0 Å². The molecule has 2 heterocycles. The molecule has 2 aromatic heterocycles. The first-order chi connectivity index (χ1) is 13.6. The lowest BCUT2D eigenvalue weighted by atomic mass is 9.95. The maximum absolute atomic E-state index is 13.5. The zero-order valence-electron chi connectivity index (χ0n) is 15.9. The standard InChI is InChI=1S/C21H21N3O3S/c1-13-7-3-6-10-17(13)24-20(26)15-11-14-8-4-5-9-16(14)22-19(15)23-21(24)28-12-18(25)27-2/h3,6-7,10-11H,4-5,8-9,12H2,1-2H3. The van der Waals surface area contributed by atoms with Crippen LogP contribution in [0.5, 0.6) is 0 Å². The Bertz CT molecular complexity index is 1120. The van der Waals surface area contributed by atoms with Gasteiger partial charge in [-0.05, 0) is 55.9 Å². The zero-order valence-corrected chi connectivity index (χ0v) is 16.7. The van der Waals surface area contributed by atoms with E-state index in [1.165, 1.54) is 18.9 Å². The summed E-state index contributed by atoms with van der Waals surface area (Å²) < 4.78 is 6.33. The number of rotatable bonds is 4. The number of para-hydroxylation sites is 1. The van der Waals surface area contributed by atoms with E-state index >= 15 is 0 Å². The van der Waals surface area contributed by atoms with Gasteiger partial charge in [0.25, 0.3) is 5.56 Å². The predicted octanol–water partition coefficient (Wildman–Crippen LogP) is 3.23. The number of benzene rings is 1. The van der Waals surface area contributed by atoms with Crippen LogP contribution in [-0.4, -0.2) is 33.4 Å². The first-order valence-corrected chi connectivity index (χ1v) is 10.3. The molecule has 0 saturated carbocycles. The fraction of sp³-hybridized carbons (Fsp3) is 0.333. The number of fused-ring (bicyclic) bond motifs is 2. The molecule has 28 heavy (non-hydrogen) atoms. The number of methoxy groups -OCH3 is 1. The van der Waals surface area contributed by atoms with E-state index in [1.807, 2.05) is 37.3 Å². The molecule has 1 aliphatic carbocycles. The van der Waals surface area contributed by atoms with Crippen LogP contribution in [0.2, 0.25) is 0 Å². The van der Waals surface area contributed by atoms with E-state index in [9.17, 15) is 9.59 Å². The third-order valence-electron chi connectivity index (χ3n) is 5.01. The molecular formula is C21H21N3O3S. The van der Waals surface area contributed by atoms with Crippen LogP contribution in [-0.2, 0) is 22.4 Å². The first-order valence-electron chi connectivity index (χ1n) is 9.29. The molecular weight excluding hydrogens is 374 g/mol. The highest BCUT2D eigenvalue weighted by Gasteiger charge is 2.19. The number of nitrogens with zero attached hydrogens (tertiary/aromatic N) is 3. The Hall–Kier alpha value is -2.67. The number of aromatic nitrogens is 3. The van der Waals surface area contributed by atoms with Gasteiger partial charge in [-0.3, -0.25) is 14.2 Å². The van der Waals surface area contributed by atoms with Crippen LogP contribution in [0.4, 0.5) is 0 Å². The molecule has 0 unspecified atom stereocenters. The molecule has 0 saturated heterocycles. The topological polar surface area (TPSA) is 74.1 Å². The minimum atomic E-state index is -0.367. The third kappa shape index (κ3) is 3.42. The number of hydrogen-bond acceptors (Lipinski definition) is 6. The highest BCUT2D eigenvalue weighted by molar-refractivity contribution is 7.99. The predicted molar refractivity (Wildman–Crippen MR) is 109 cm³/mol. The van der Waals surface area contributed by atoms with Gasteiger partial charge in [0.2, 0.25) is 0 Å². The quantitative estimate of drug-likeness (QED) is 0.384. The summed E-state index contributed by atoms with van der Waals surface area (Å²) in [5.74, 6) is -0.292. The maximum Gasteiger partial charge on any atom is 0.316 e. The largest absolute Gasteiger partial charge is 0.468 e. The van der Waals surface area contributed by atoms with E-state index in [4.69, 9.17) is 4.74 Å². The van der Waals surface area contributed by atoms with Crippen molar-refractivity contribution in [1.82, 2.24) is 14.5 Å². The Balaban J connectivity index is 1.95. The number of hydrogen-bond donors (Lipinski definition) is 0. The van der Waals surface area contributed by atoms with Crippen molar-refractivity contribution in [3.8, 4) is 5.69 Å². The van der Waals surface area contributed by atoms with E-state index in [2.05, 4.69) is 9.97 Å². The van der Waals surface area contributed by atoms with Crippen molar-refractivity contribution in [3.05, 3.63) is 57.5 Å². The van der Waals surface area contributed by atoms with Gasteiger partial charge in [0.15, 0.2) is 10.8 Å². The number of aryl methyl sites for hydroxylation is 3. The smallest absolute Gasteiger partial charge is 0.316 e. The Labute approximate surface area is 167 Å². The third-order valence-corrected chi connectivity index (χ3v) is 5.92. The van der Waals surface area contributed by atoms with Crippen molar-refractivity contribution in [2.75, 3.05) is 12.9 Å². The van der Waals surface area contributed by atoms with E-state index in [0.717, 1.165) is 48.2 Å². The van der Waals surface area contributed by atoms with Gasteiger partial charge in [-0.1, -0.05) is 30.0 Å². The monoisotopic (exact) mass is 395 g/mol. The number of esters is 1. The van der Waals surface area contributed by atoms with Crippen molar-refractivity contribution >= 4 is 28.8 Å². The zero-order chi connectivity index (χ0) is 19.7. The Morgan fingerprint density at radius 3 is 2.79 bits per heavy atom. The second kappa shape index (κ2) is 7.75. The van der Waals surface area contributed by atoms with Crippen LogP contribution in [0, 0.1) is 6.92 Å². The minimum Gasteiger partial charge on any atom is -0.468 e. The van der Waals surface area contributed by atoms with Crippen molar-refractivity contribution in [2.45, 2.75) is 37.8 Å². The van der Waals surface area contributed by atoms with Gasteiger partial charge < -0.3 is 4.74 Å². The van der Waals surface area contributed by atoms with E-state index in [1.54, 1.807) is 4.57 Å². The molecule has 0 spiro atoms. The fourth-order valence-corrected chi connectivity index (χ4v) is 4.35. The average Bonchev–Trinajstić information content (AvgIpc) is 2.72. The van der Waals surface area contributed by atoms with Gasteiger partial charge in [0, 0.05) is 5.69 Å². The number of carbonyl (C=O) groups excluding carboxylic acids is 1. The summed E-state index contributed by atoms with van der Waals surface area (Å²) in [6.07, 6.45) is 4.09. The van der Waals surface area contributed by atoms with E-state index in [-0.39, 0.29) is 17.3 Å². The molecule has 7 heteroatoms. The summed E-state index contributed by atoms with van der Waals surface area (Å²) >= 11 is 1.19. The molecule has 0 bridgehead atoms. The number of carbonyl (C=O) groups is 1. The first kappa shape index (κ1) is 18.7. The average molecular weight is 395 g/mol. The highest BCUT2D eigenvalue weighted by Crippen LogP contribution is 2.26. The Morgan fingerprint density at radius 2 is 2.00 bits per heavy atom. The van der Waals surface area contributed by atoms with Gasteiger partial charge in [-0.25, -0.2) is 9.97 Å². The van der Waals surface area contributed by atoms with E-state index < -0.39 is 0 Å². The molecule has 0 amide bonds. The SMILES string of the molecule is COC(=O)CSc1nc2nc3c(cc2c(=O)n1-c1ccccc1C)CCCC3. The second-order valence-electron chi connectivity index (χ2n) is 6.86. The van der Waals surface area contributed by atoms with Gasteiger partial charge in [-0.15, -0.1) is 0 Å². The Morgan fingerprint density at radius 1 is 1.21 bits per heavy atom. The molecule has 6 nitrogen and oxygen atoms in total. The maximum atomic E-state index is 13.5. The lowest BCUT2D eigenvalue weighted by Gasteiger charge is -2.18. The van der Waals surface area contributed by atoms with Crippen LogP contribution in [0.25, 0.3) is 16.7 Å². The lowest BCUT2D eigenvalue weighted by molar-refractivity contribution is -0.137. The van der Waals surface area contributed by atoms with Crippen molar-refractivity contribution in [1.29, 1.82) is 0 Å². The number of ether oxygens (including phenoxy) is 1. The summed E-state index contributed by atoms with van der Waals surface area (Å²) in [7, 11) is 1.35. The van der Waals surface area contributed by atoms with Crippen LogP contribution < -0.4 is 5.56 Å².